The Hall–Kier alpha value is -2.72. The van der Waals surface area contributed by atoms with E-state index < -0.39 is 5.41 Å². The first kappa shape index (κ1) is 19.9. The van der Waals surface area contributed by atoms with Crippen molar-refractivity contribution in [2.75, 3.05) is 13.1 Å². The molecule has 6 rings (SSSR count). The molecule has 0 radical (unpaired) electrons. The lowest BCUT2D eigenvalue weighted by Gasteiger charge is -2.39. The minimum absolute atomic E-state index is 0.194. The normalized spacial score (nSPS) is 23.8. The van der Waals surface area contributed by atoms with E-state index in [1.165, 1.54) is 17.3 Å². The Labute approximate surface area is 192 Å². The van der Waals surface area contributed by atoms with Crippen LogP contribution < -0.4 is 0 Å². The first-order valence-electron chi connectivity index (χ1n) is 11.4. The summed E-state index contributed by atoms with van der Waals surface area (Å²) in [6.45, 7) is 1.41. The van der Waals surface area contributed by atoms with Crippen molar-refractivity contribution < 1.29 is 9.18 Å². The number of halogens is 2. The van der Waals surface area contributed by atoms with Crippen molar-refractivity contribution in [2.24, 2.45) is 5.92 Å². The first-order chi connectivity index (χ1) is 15.6. The van der Waals surface area contributed by atoms with Crippen LogP contribution in [0.1, 0.15) is 53.0 Å². The highest BCUT2D eigenvalue weighted by Crippen LogP contribution is 2.61. The van der Waals surface area contributed by atoms with Gasteiger partial charge in [0.05, 0.1) is 0 Å². The summed E-state index contributed by atoms with van der Waals surface area (Å²) >= 11 is 6.39. The number of carbonyl (C=O) groups is 1. The molecule has 1 saturated heterocycles. The van der Waals surface area contributed by atoms with Crippen molar-refractivity contribution in [3.63, 3.8) is 0 Å². The molecule has 2 bridgehead atoms. The average Bonchev–Trinajstić information content (AvgIpc) is 3.34. The number of nitrogens with zero attached hydrogens (tertiary/aromatic N) is 2. The smallest absolute Gasteiger partial charge is 0.237 e. The van der Waals surface area contributed by atoms with E-state index in [1.807, 2.05) is 29.2 Å². The molecule has 1 aromatic heterocycles. The van der Waals surface area contributed by atoms with Gasteiger partial charge in [-0.05, 0) is 72.1 Å². The van der Waals surface area contributed by atoms with Gasteiger partial charge in [-0.1, -0.05) is 48.0 Å². The molecule has 3 aromatic rings. The Bertz CT molecular complexity index is 1220. The third-order valence-electron chi connectivity index (χ3n) is 7.77. The molecule has 0 N–H and O–H groups in total. The second-order valence-electron chi connectivity index (χ2n) is 9.37. The number of aromatic nitrogens is 1. The average molecular weight is 447 g/mol. The maximum absolute atomic E-state index is 14.1. The van der Waals surface area contributed by atoms with Crippen LogP contribution in [0.5, 0.6) is 0 Å². The second-order valence-corrected chi connectivity index (χ2v) is 9.81. The molecular weight excluding hydrogens is 423 g/mol. The van der Waals surface area contributed by atoms with Crippen molar-refractivity contribution in [1.29, 1.82) is 0 Å². The van der Waals surface area contributed by atoms with E-state index in [2.05, 4.69) is 29.2 Å². The van der Waals surface area contributed by atoms with Gasteiger partial charge in [-0.2, -0.15) is 4.39 Å². The number of carbonyl (C=O) groups excluding carboxylic acids is 1. The highest BCUT2D eigenvalue weighted by molar-refractivity contribution is 6.30. The van der Waals surface area contributed by atoms with Gasteiger partial charge < -0.3 is 4.90 Å². The summed E-state index contributed by atoms with van der Waals surface area (Å²) < 4.78 is 14.0. The summed E-state index contributed by atoms with van der Waals surface area (Å²) in [5.41, 5.74) is 4.77. The number of likely N-dealkylation sites (tertiary alicyclic amines) is 1. The number of benzene rings is 2. The van der Waals surface area contributed by atoms with E-state index in [1.54, 1.807) is 6.07 Å². The van der Waals surface area contributed by atoms with E-state index in [-0.39, 0.29) is 17.8 Å². The van der Waals surface area contributed by atoms with E-state index in [0.29, 0.717) is 36.0 Å². The molecule has 2 aliphatic carbocycles. The molecule has 0 saturated carbocycles. The lowest BCUT2D eigenvalue weighted by atomic mass is 9.73. The Morgan fingerprint density at radius 2 is 1.84 bits per heavy atom. The van der Waals surface area contributed by atoms with Gasteiger partial charge in [0, 0.05) is 35.8 Å². The molecule has 162 valence electrons. The minimum atomic E-state index is -0.635. The number of rotatable bonds is 3. The van der Waals surface area contributed by atoms with E-state index in [0.717, 1.165) is 30.4 Å². The van der Waals surface area contributed by atoms with E-state index >= 15 is 0 Å². The zero-order valence-electron chi connectivity index (χ0n) is 17.7. The summed E-state index contributed by atoms with van der Waals surface area (Å²) in [6.07, 6.45) is 4.71. The second kappa shape index (κ2) is 7.41. The highest BCUT2D eigenvalue weighted by Gasteiger charge is 2.58. The maximum Gasteiger partial charge on any atom is 0.237 e. The van der Waals surface area contributed by atoms with Crippen molar-refractivity contribution in [1.82, 2.24) is 9.88 Å². The summed E-state index contributed by atoms with van der Waals surface area (Å²) in [4.78, 5) is 20.0. The van der Waals surface area contributed by atoms with Gasteiger partial charge in [-0.25, -0.2) is 4.98 Å². The molecule has 1 amide bonds. The van der Waals surface area contributed by atoms with Crippen molar-refractivity contribution in [2.45, 2.75) is 37.0 Å². The van der Waals surface area contributed by atoms with Gasteiger partial charge in [-0.15, -0.1) is 0 Å². The van der Waals surface area contributed by atoms with Crippen LogP contribution in [0.2, 0.25) is 5.02 Å². The SMILES string of the molecule is O=C(N1CCC(Cc2cccnc2F)CC1)[C@@]12C[C@@H](c3ccccc31)c1ccc(Cl)cc12. The standard InChI is InChI=1S/C27H24ClFN2O/c28-19-7-8-21-22-16-27(24(21)15-19,23-6-2-1-5-20(22)23)26(32)31-12-9-17(10-13-31)14-18-4-3-11-30-25(18)29/h1-8,11,15,17,22H,9-10,12-14,16H2/t22-,27-/m0/s1. The fourth-order valence-corrected chi connectivity index (χ4v) is 6.43. The van der Waals surface area contributed by atoms with Crippen molar-refractivity contribution >= 4 is 17.5 Å². The van der Waals surface area contributed by atoms with Crippen LogP contribution in [0.4, 0.5) is 4.39 Å². The summed E-state index contributed by atoms with van der Waals surface area (Å²) in [5, 5.41) is 0.679. The number of hydrogen-bond donors (Lipinski definition) is 0. The third-order valence-corrected chi connectivity index (χ3v) is 8.00. The lowest BCUT2D eigenvalue weighted by Crippen LogP contribution is -2.49. The maximum atomic E-state index is 14.1. The van der Waals surface area contributed by atoms with Crippen LogP contribution in [0, 0.1) is 11.9 Å². The van der Waals surface area contributed by atoms with Crippen LogP contribution in [0.3, 0.4) is 0 Å². The fourth-order valence-electron chi connectivity index (χ4n) is 6.26. The summed E-state index contributed by atoms with van der Waals surface area (Å²) in [5.74, 6) is 0.440. The summed E-state index contributed by atoms with van der Waals surface area (Å²) in [6, 6.07) is 18.0. The molecule has 2 atom stereocenters. The topological polar surface area (TPSA) is 33.2 Å². The number of pyridine rings is 1. The monoisotopic (exact) mass is 446 g/mol. The van der Waals surface area contributed by atoms with Gasteiger partial charge in [0.15, 0.2) is 0 Å². The molecule has 2 heterocycles. The van der Waals surface area contributed by atoms with E-state index in [4.69, 9.17) is 11.6 Å². The zero-order valence-corrected chi connectivity index (χ0v) is 18.5. The number of piperidine rings is 1. The van der Waals surface area contributed by atoms with Crippen LogP contribution in [-0.2, 0) is 16.6 Å². The molecule has 2 aromatic carbocycles. The van der Waals surface area contributed by atoms with Crippen LogP contribution in [0.15, 0.2) is 60.8 Å². The fraction of sp³-hybridized carbons (Fsp3) is 0.333. The molecular formula is C27H24ClFN2O. The molecule has 3 aliphatic rings. The van der Waals surface area contributed by atoms with Crippen molar-refractivity contribution in [3.05, 3.63) is 99.6 Å². The van der Waals surface area contributed by atoms with Crippen LogP contribution in [0.25, 0.3) is 0 Å². The van der Waals surface area contributed by atoms with Crippen molar-refractivity contribution in [3.8, 4) is 0 Å². The number of fused-ring (bicyclic) bond motifs is 8. The van der Waals surface area contributed by atoms with Gasteiger partial charge in [0.2, 0.25) is 11.9 Å². The molecule has 1 fully saturated rings. The predicted molar refractivity (Wildman–Crippen MR) is 122 cm³/mol. The Morgan fingerprint density at radius 3 is 2.66 bits per heavy atom. The molecule has 3 nitrogen and oxygen atoms in total. The summed E-state index contributed by atoms with van der Waals surface area (Å²) in [7, 11) is 0. The third kappa shape index (κ3) is 2.85. The van der Waals surface area contributed by atoms with Gasteiger partial charge in [-0.3, -0.25) is 4.79 Å². The predicted octanol–water partition coefficient (Wildman–Crippen LogP) is 5.49. The molecule has 0 spiro atoms. The highest BCUT2D eigenvalue weighted by atomic mass is 35.5. The quantitative estimate of drug-likeness (QED) is 0.498. The Morgan fingerprint density at radius 1 is 1.06 bits per heavy atom. The van der Waals surface area contributed by atoms with Gasteiger partial charge in [0.1, 0.15) is 5.41 Å². The lowest BCUT2D eigenvalue weighted by molar-refractivity contribution is -0.137. The first-order valence-corrected chi connectivity index (χ1v) is 11.7. The van der Waals surface area contributed by atoms with Gasteiger partial charge >= 0.3 is 0 Å². The Kier molecular flexibility index (Phi) is 4.62. The van der Waals surface area contributed by atoms with Crippen LogP contribution >= 0.6 is 11.6 Å². The zero-order chi connectivity index (χ0) is 21.9. The number of hydrogen-bond acceptors (Lipinski definition) is 2. The number of amides is 1. The molecule has 1 aliphatic heterocycles. The molecule has 0 unspecified atom stereocenters. The molecule has 5 heteroatoms. The minimum Gasteiger partial charge on any atom is -0.342 e. The van der Waals surface area contributed by atoms with Crippen LogP contribution in [-0.4, -0.2) is 28.9 Å². The van der Waals surface area contributed by atoms with Gasteiger partial charge in [0.25, 0.3) is 0 Å². The molecule has 32 heavy (non-hydrogen) atoms. The van der Waals surface area contributed by atoms with E-state index in [9.17, 15) is 9.18 Å². The Balaban J connectivity index is 1.28. The largest absolute Gasteiger partial charge is 0.342 e.